The third kappa shape index (κ3) is 4.06. The van der Waals surface area contributed by atoms with E-state index in [2.05, 4.69) is 15.0 Å². The van der Waals surface area contributed by atoms with Crippen LogP contribution in [0.25, 0.3) is 0 Å². The molecule has 1 aliphatic heterocycles. The topological polar surface area (TPSA) is 60.6 Å². The SMILES string of the molecule is COCc1noc(CN2CCO[C@H](c3ccc(F)cc3Cl)C2)n1. The summed E-state index contributed by atoms with van der Waals surface area (Å²) in [7, 11) is 1.58. The van der Waals surface area contributed by atoms with Crippen LogP contribution in [-0.4, -0.2) is 41.8 Å². The normalized spacial score (nSPS) is 19.2. The molecule has 1 aromatic heterocycles. The number of rotatable bonds is 5. The van der Waals surface area contributed by atoms with Crippen molar-refractivity contribution < 1.29 is 18.4 Å². The lowest BCUT2D eigenvalue weighted by atomic mass is 10.1. The lowest BCUT2D eigenvalue weighted by Crippen LogP contribution is -2.38. The molecule has 124 valence electrons. The van der Waals surface area contributed by atoms with Gasteiger partial charge in [-0.15, -0.1) is 0 Å². The minimum Gasteiger partial charge on any atom is -0.377 e. The molecular formula is C15H17ClFN3O3. The van der Waals surface area contributed by atoms with Gasteiger partial charge in [0, 0.05) is 30.8 Å². The quantitative estimate of drug-likeness (QED) is 0.833. The summed E-state index contributed by atoms with van der Waals surface area (Å²) in [6.07, 6.45) is -0.210. The maximum Gasteiger partial charge on any atom is 0.240 e. The van der Waals surface area contributed by atoms with Gasteiger partial charge in [-0.05, 0) is 12.1 Å². The maximum atomic E-state index is 13.2. The third-order valence-electron chi connectivity index (χ3n) is 3.60. The first kappa shape index (κ1) is 16.3. The number of ether oxygens (including phenoxy) is 2. The molecule has 1 aliphatic rings. The van der Waals surface area contributed by atoms with Gasteiger partial charge in [0.05, 0.1) is 19.3 Å². The van der Waals surface area contributed by atoms with Crippen LogP contribution in [0.4, 0.5) is 4.39 Å². The molecule has 1 fully saturated rings. The first-order valence-corrected chi connectivity index (χ1v) is 7.63. The molecule has 0 radical (unpaired) electrons. The largest absolute Gasteiger partial charge is 0.377 e. The Bertz CT molecular complexity index is 667. The van der Waals surface area contributed by atoms with E-state index >= 15 is 0 Å². The van der Waals surface area contributed by atoms with Crippen LogP contribution >= 0.6 is 11.6 Å². The molecule has 6 nitrogen and oxygen atoms in total. The van der Waals surface area contributed by atoms with Crippen LogP contribution in [-0.2, 0) is 22.6 Å². The second kappa shape index (κ2) is 7.35. The van der Waals surface area contributed by atoms with Crippen LogP contribution in [0.2, 0.25) is 5.02 Å². The second-order valence-electron chi connectivity index (χ2n) is 5.30. The highest BCUT2D eigenvalue weighted by Crippen LogP contribution is 2.29. The van der Waals surface area contributed by atoms with Crippen molar-refractivity contribution in [2.45, 2.75) is 19.3 Å². The molecule has 0 aliphatic carbocycles. The highest BCUT2D eigenvalue weighted by Gasteiger charge is 2.25. The van der Waals surface area contributed by atoms with Gasteiger partial charge >= 0.3 is 0 Å². The van der Waals surface area contributed by atoms with Crippen molar-refractivity contribution in [2.24, 2.45) is 0 Å². The van der Waals surface area contributed by atoms with E-state index in [0.717, 1.165) is 12.1 Å². The van der Waals surface area contributed by atoms with Crippen LogP contribution in [0.15, 0.2) is 22.7 Å². The average Bonchev–Trinajstić information content (AvgIpc) is 2.95. The number of methoxy groups -OCH3 is 1. The van der Waals surface area contributed by atoms with E-state index in [1.54, 1.807) is 13.2 Å². The Kier molecular flexibility index (Phi) is 5.22. The van der Waals surface area contributed by atoms with Crippen LogP contribution in [0, 0.1) is 5.82 Å². The fourth-order valence-corrected chi connectivity index (χ4v) is 2.82. The van der Waals surface area contributed by atoms with E-state index in [1.165, 1.54) is 12.1 Å². The maximum absolute atomic E-state index is 13.2. The Balaban J connectivity index is 1.65. The molecule has 0 unspecified atom stereocenters. The first-order chi connectivity index (χ1) is 11.2. The van der Waals surface area contributed by atoms with Gasteiger partial charge in [-0.3, -0.25) is 4.90 Å². The fraction of sp³-hybridized carbons (Fsp3) is 0.467. The number of morpholine rings is 1. The van der Waals surface area contributed by atoms with Gasteiger partial charge < -0.3 is 14.0 Å². The predicted octanol–water partition coefficient (Wildman–Crippen LogP) is 2.58. The molecule has 2 aromatic rings. The Morgan fingerprint density at radius 2 is 2.35 bits per heavy atom. The molecule has 0 saturated carbocycles. The Hall–Kier alpha value is -1.54. The number of aromatic nitrogens is 2. The molecule has 2 heterocycles. The van der Waals surface area contributed by atoms with Gasteiger partial charge in [0.25, 0.3) is 0 Å². The summed E-state index contributed by atoms with van der Waals surface area (Å²) >= 11 is 6.12. The van der Waals surface area contributed by atoms with Gasteiger partial charge in [0.1, 0.15) is 12.4 Å². The van der Waals surface area contributed by atoms with E-state index in [1.807, 2.05) is 0 Å². The number of hydrogen-bond acceptors (Lipinski definition) is 6. The van der Waals surface area contributed by atoms with Crippen molar-refractivity contribution in [3.05, 3.63) is 46.3 Å². The van der Waals surface area contributed by atoms with Crippen molar-refractivity contribution >= 4 is 11.6 Å². The van der Waals surface area contributed by atoms with Crippen molar-refractivity contribution in [2.75, 3.05) is 26.8 Å². The molecule has 3 rings (SSSR count). The van der Waals surface area contributed by atoms with E-state index in [0.29, 0.717) is 43.0 Å². The van der Waals surface area contributed by atoms with Crippen molar-refractivity contribution in [1.82, 2.24) is 15.0 Å². The van der Waals surface area contributed by atoms with Gasteiger partial charge in [0.2, 0.25) is 5.89 Å². The number of nitrogens with zero attached hydrogens (tertiary/aromatic N) is 3. The lowest BCUT2D eigenvalue weighted by molar-refractivity contribution is -0.0355. The third-order valence-corrected chi connectivity index (χ3v) is 3.93. The molecule has 1 atom stereocenters. The molecule has 8 heteroatoms. The predicted molar refractivity (Wildman–Crippen MR) is 80.4 cm³/mol. The highest BCUT2D eigenvalue weighted by atomic mass is 35.5. The number of halogens is 2. The summed E-state index contributed by atoms with van der Waals surface area (Å²) in [5.74, 6) is 0.694. The van der Waals surface area contributed by atoms with Crippen LogP contribution in [0.3, 0.4) is 0 Å². The Morgan fingerprint density at radius 3 is 3.13 bits per heavy atom. The molecule has 0 N–H and O–H groups in total. The van der Waals surface area contributed by atoms with Crippen LogP contribution in [0.1, 0.15) is 23.4 Å². The Labute approximate surface area is 138 Å². The summed E-state index contributed by atoms with van der Waals surface area (Å²) in [5, 5.41) is 4.21. The number of benzene rings is 1. The van der Waals surface area contributed by atoms with Gasteiger partial charge in [-0.2, -0.15) is 4.98 Å². The summed E-state index contributed by atoms with van der Waals surface area (Å²) in [4.78, 5) is 6.40. The Morgan fingerprint density at radius 1 is 1.48 bits per heavy atom. The zero-order valence-corrected chi connectivity index (χ0v) is 13.4. The standard InChI is InChI=1S/C15H17ClFN3O3/c1-21-9-14-18-15(23-19-14)8-20-4-5-22-13(7-20)11-3-2-10(17)6-12(11)16/h2-3,6,13H,4-5,7-9H2,1H3/t13-/m0/s1. The summed E-state index contributed by atoms with van der Waals surface area (Å²) in [6.45, 7) is 2.76. The van der Waals surface area contributed by atoms with Gasteiger partial charge in [-0.25, -0.2) is 4.39 Å². The van der Waals surface area contributed by atoms with Crippen LogP contribution < -0.4 is 0 Å². The molecular weight excluding hydrogens is 325 g/mol. The number of hydrogen-bond donors (Lipinski definition) is 0. The first-order valence-electron chi connectivity index (χ1n) is 7.25. The fourth-order valence-electron chi connectivity index (χ4n) is 2.53. The molecule has 1 saturated heterocycles. The highest BCUT2D eigenvalue weighted by molar-refractivity contribution is 6.31. The van der Waals surface area contributed by atoms with Crippen molar-refractivity contribution in [1.29, 1.82) is 0 Å². The van der Waals surface area contributed by atoms with E-state index < -0.39 is 0 Å². The zero-order chi connectivity index (χ0) is 16.2. The lowest BCUT2D eigenvalue weighted by Gasteiger charge is -2.32. The summed E-state index contributed by atoms with van der Waals surface area (Å²) < 4.78 is 29.1. The van der Waals surface area contributed by atoms with Crippen molar-refractivity contribution in [3.8, 4) is 0 Å². The second-order valence-corrected chi connectivity index (χ2v) is 5.70. The average molecular weight is 342 g/mol. The minimum atomic E-state index is -0.358. The van der Waals surface area contributed by atoms with Crippen molar-refractivity contribution in [3.63, 3.8) is 0 Å². The molecule has 0 spiro atoms. The molecule has 0 bridgehead atoms. The summed E-state index contributed by atoms with van der Waals surface area (Å²) in [5.41, 5.74) is 0.781. The summed E-state index contributed by atoms with van der Waals surface area (Å²) in [6, 6.07) is 4.35. The van der Waals surface area contributed by atoms with Gasteiger partial charge in [0.15, 0.2) is 5.82 Å². The zero-order valence-electron chi connectivity index (χ0n) is 12.7. The minimum absolute atomic E-state index is 0.210. The molecule has 1 aromatic carbocycles. The van der Waals surface area contributed by atoms with E-state index in [-0.39, 0.29) is 11.9 Å². The molecule has 23 heavy (non-hydrogen) atoms. The van der Waals surface area contributed by atoms with Gasteiger partial charge in [-0.1, -0.05) is 22.8 Å². The van der Waals surface area contributed by atoms with Crippen LogP contribution in [0.5, 0.6) is 0 Å². The molecule has 0 amide bonds. The monoisotopic (exact) mass is 341 g/mol. The van der Waals surface area contributed by atoms with E-state index in [9.17, 15) is 4.39 Å². The van der Waals surface area contributed by atoms with E-state index in [4.69, 9.17) is 25.6 Å². The smallest absolute Gasteiger partial charge is 0.240 e.